The van der Waals surface area contributed by atoms with Gasteiger partial charge in [-0.1, -0.05) is 35.9 Å². The molecule has 3 aromatic rings. The summed E-state index contributed by atoms with van der Waals surface area (Å²) < 4.78 is 0. The summed E-state index contributed by atoms with van der Waals surface area (Å²) in [6.07, 6.45) is 1.82. The van der Waals surface area contributed by atoms with Crippen LogP contribution in [0.1, 0.15) is 21.5 Å². The molecule has 0 saturated heterocycles. The zero-order chi connectivity index (χ0) is 13.0. The lowest BCUT2D eigenvalue weighted by molar-refractivity contribution is 0.104. The van der Waals surface area contributed by atoms with Crippen molar-refractivity contribution < 1.29 is 4.79 Å². The molecule has 1 heterocycles. The van der Waals surface area contributed by atoms with Gasteiger partial charge in [0.15, 0.2) is 5.78 Å². The number of pyridine rings is 1. The first-order valence-corrected chi connectivity index (χ1v) is 6.29. The minimum absolute atomic E-state index is 0.118. The first kappa shape index (κ1) is 10.4. The van der Waals surface area contributed by atoms with Crippen molar-refractivity contribution in [3.05, 3.63) is 65.4 Å². The summed E-state index contributed by atoms with van der Waals surface area (Å²) >= 11 is 0. The molecule has 0 aliphatic heterocycles. The lowest BCUT2D eigenvalue weighted by Crippen LogP contribution is -1.97. The van der Waals surface area contributed by atoms with Crippen LogP contribution in [-0.2, 0) is 0 Å². The fourth-order valence-corrected chi connectivity index (χ4v) is 2.81. The van der Waals surface area contributed by atoms with Crippen LogP contribution in [0.3, 0.4) is 0 Å². The Morgan fingerprint density at radius 3 is 2.68 bits per heavy atom. The van der Waals surface area contributed by atoms with Crippen LogP contribution < -0.4 is 0 Å². The molecular weight excluding hydrogens is 234 g/mol. The molecule has 1 aliphatic rings. The van der Waals surface area contributed by atoms with Gasteiger partial charge in [0.2, 0.25) is 0 Å². The van der Waals surface area contributed by atoms with E-state index in [2.05, 4.69) is 4.98 Å². The second-order valence-corrected chi connectivity index (χ2v) is 4.94. The van der Waals surface area contributed by atoms with Crippen molar-refractivity contribution >= 4 is 16.7 Å². The maximum atomic E-state index is 12.6. The third kappa shape index (κ3) is 1.31. The van der Waals surface area contributed by atoms with Crippen LogP contribution >= 0.6 is 0 Å². The summed E-state index contributed by atoms with van der Waals surface area (Å²) in [7, 11) is 0. The molecule has 0 atom stereocenters. The predicted octanol–water partition coefficient (Wildman–Crippen LogP) is 3.75. The monoisotopic (exact) mass is 245 g/mol. The van der Waals surface area contributed by atoms with Crippen LogP contribution in [0.2, 0.25) is 0 Å². The van der Waals surface area contributed by atoms with E-state index in [4.69, 9.17) is 0 Å². The van der Waals surface area contributed by atoms with Gasteiger partial charge in [-0.05, 0) is 24.6 Å². The molecule has 0 spiro atoms. The number of ketones is 1. The Labute approximate surface area is 110 Å². The smallest absolute Gasteiger partial charge is 0.195 e. The number of aryl methyl sites for hydroxylation is 1. The Morgan fingerprint density at radius 2 is 1.79 bits per heavy atom. The number of carbonyl (C=O) groups is 1. The van der Waals surface area contributed by atoms with Crippen molar-refractivity contribution in [3.8, 4) is 11.1 Å². The molecule has 4 rings (SSSR count). The van der Waals surface area contributed by atoms with E-state index in [-0.39, 0.29) is 5.78 Å². The third-order valence-electron chi connectivity index (χ3n) is 3.71. The number of aromatic nitrogens is 1. The maximum Gasteiger partial charge on any atom is 0.195 e. The van der Waals surface area contributed by atoms with Gasteiger partial charge < -0.3 is 0 Å². The third-order valence-corrected chi connectivity index (χ3v) is 3.71. The molecule has 0 bridgehead atoms. The molecule has 0 amide bonds. The summed E-state index contributed by atoms with van der Waals surface area (Å²) in [6, 6.07) is 13.8. The molecule has 0 radical (unpaired) electrons. The number of benzene rings is 2. The highest BCUT2D eigenvalue weighted by Gasteiger charge is 2.28. The second kappa shape index (κ2) is 3.51. The van der Waals surface area contributed by atoms with E-state index in [0.29, 0.717) is 0 Å². The SMILES string of the molecule is Cc1ccc2c(c1)C(=O)c1c-2cnc2ccccc12. The molecule has 0 saturated carbocycles. The minimum atomic E-state index is 0.118. The van der Waals surface area contributed by atoms with E-state index in [1.54, 1.807) is 0 Å². The zero-order valence-electron chi connectivity index (χ0n) is 10.5. The molecule has 0 unspecified atom stereocenters. The summed E-state index contributed by atoms with van der Waals surface area (Å²) in [6.45, 7) is 2.01. The highest BCUT2D eigenvalue weighted by Crippen LogP contribution is 2.39. The number of para-hydroxylation sites is 1. The van der Waals surface area contributed by atoms with Crippen LogP contribution in [0.4, 0.5) is 0 Å². The second-order valence-electron chi connectivity index (χ2n) is 4.94. The standard InChI is InChI=1S/C17H11NO/c1-10-6-7-11-13(8-10)17(19)16-12-4-2-3-5-15(12)18-9-14(11)16/h2-9H,1H3. The van der Waals surface area contributed by atoms with Crippen LogP contribution in [0, 0.1) is 6.92 Å². The van der Waals surface area contributed by atoms with Crippen molar-refractivity contribution in [1.29, 1.82) is 0 Å². The number of fused-ring (bicyclic) bond motifs is 5. The molecule has 19 heavy (non-hydrogen) atoms. The molecule has 1 aliphatic carbocycles. The van der Waals surface area contributed by atoms with Gasteiger partial charge in [0.05, 0.1) is 5.52 Å². The van der Waals surface area contributed by atoms with Crippen molar-refractivity contribution in [1.82, 2.24) is 4.98 Å². The Hall–Kier alpha value is -2.48. The molecule has 2 heteroatoms. The summed E-state index contributed by atoms with van der Waals surface area (Å²) in [5.41, 5.74) is 5.54. The zero-order valence-corrected chi connectivity index (χ0v) is 10.5. The van der Waals surface area contributed by atoms with E-state index in [1.165, 1.54) is 0 Å². The minimum Gasteiger partial charge on any atom is -0.289 e. The van der Waals surface area contributed by atoms with Gasteiger partial charge in [0, 0.05) is 28.3 Å². The topological polar surface area (TPSA) is 30.0 Å². The Morgan fingerprint density at radius 1 is 0.947 bits per heavy atom. The van der Waals surface area contributed by atoms with Crippen LogP contribution in [0.25, 0.3) is 22.0 Å². The Bertz CT molecular complexity index is 849. The predicted molar refractivity (Wildman–Crippen MR) is 75.3 cm³/mol. The largest absolute Gasteiger partial charge is 0.289 e. The first-order chi connectivity index (χ1) is 9.25. The van der Waals surface area contributed by atoms with Gasteiger partial charge >= 0.3 is 0 Å². The van der Waals surface area contributed by atoms with E-state index >= 15 is 0 Å². The number of carbonyl (C=O) groups excluding carboxylic acids is 1. The van der Waals surface area contributed by atoms with E-state index in [0.717, 1.165) is 38.7 Å². The first-order valence-electron chi connectivity index (χ1n) is 6.29. The molecule has 2 nitrogen and oxygen atoms in total. The number of rotatable bonds is 0. The number of hydrogen-bond acceptors (Lipinski definition) is 2. The highest BCUT2D eigenvalue weighted by molar-refractivity contribution is 6.26. The fourth-order valence-electron chi connectivity index (χ4n) is 2.81. The molecule has 0 N–H and O–H groups in total. The van der Waals surface area contributed by atoms with Crippen molar-refractivity contribution in [2.75, 3.05) is 0 Å². The molecule has 0 fully saturated rings. The van der Waals surface area contributed by atoms with Crippen molar-refractivity contribution in [2.24, 2.45) is 0 Å². The van der Waals surface area contributed by atoms with Gasteiger partial charge in [-0.15, -0.1) is 0 Å². The van der Waals surface area contributed by atoms with Crippen LogP contribution in [-0.4, -0.2) is 10.8 Å². The molecule has 1 aromatic heterocycles. The number of hydrogen-bond donors (Lipinski definition) is 0. The van der Waals surface area contributed by atoms with Gasteiger partial charge in [0.1, 0.15) is 0 Å². The van der Waals surface area contributed by atoms with Crippen LogP contribution in [0.15, 0.2) is 48.7 Å². The Balaban J connectivity index is 2.14. The fraction of sp³-hybridized carbons (Fsp3) is 0.0588. The van der Waals surface area contributed by atoms with E-state index < -0.39 is 0 Å². The van der Waals surface area contributed by atoms with Gasteiger partial charge in [0.25, 0.3) is 0 Å². The molecule has 90 valence electrons. The normalized spacial score (nSPS) is 12.6. The summed E-state index contributed by atoms with van der Waals surface area (Å²) in [5, 5.41) is 0.943. The van der Waals surface area contributed by atoms with E-state index in [9.17, 15) is 4.79 Å². The van der Waals surface area contributed by atoms with Crippen molar-refractivity contribution in [2.45, 2.75) is 6.92 Å². The average molecular weight is 245 g/mol. The molecule has 2 aromatic carbocycles. The van der Waals surface area contributed by atoms with Gasteiger partial charge in [-0.2, -0.15) is 0 Å². The van der Waals surface area contributed by atoms with E-state index in [1.807, 2.05) is 55.6 Å². The summed E-state index contributed by atoms with van der Waals surface area (Å²) in [4.78, 5) is 17.1. The lowest BCUT2D eigenvalue weighted by Gasteiger charge is -2.03. The maximum absolute atomic E-state index is 12.6. The quantitative estimate of drug-likeness (QED) is 0.472. The average Bonchev–Trinajstić information content (AvgIpc) is 2.72. The lowest BCUT2D eigenvalue weighted by atomic mass is 10.0. The van der Waals surface area contributed by atoms with Crippen molar-refractivity contribution in [3.63, 3.8) is 0 Å². The highest BCUT2D eigenvalue weighted by atomic mass is 16.1. The van der Waals surface area contributed by atoms with Crippen LogP contribution in [0.5, 0.6) is 0 Å². The molecular formula is C17H11NO. The number of nitrogens with zero attached hydrogens (tertiary/aromatic N) is 1. The van der Waals surface area contributed by atoms with Gasteiger partial charge in [-0.25, -0.2) is 0 Å². The Kier molecular flexibility index (Phi) is 1.93. The van der Waals surface area contributed by atoms with Gasteiger partial charge in [-0.3, -0.25) is 9.78 Å². The summed E-state index contributed by atoms with van der Waals surface area (Å²) in [5.74, 6) is 0.118.